The minimum Gasteiger partial charge on any atom is -0.283 e. The standard InChI is InChI=1S/2C13H8N2S.3C2H6/c2*1-2-6-10-9(5-1)14-13-15(10)11-7-3-4-8-12(11)16-13;3*1-2/h2*1-8H;3*1-2H3. The molecule has 8 aromatic rings. The van der Waals surface area contributed by atoms with E-state index in [-0.39, 0.29) is 0 Å². The van der Waals surface area contributed by atoms with Gasteiger partial charge in [0.2, 0.25) is 0 Å². The molecular formula is C32H34N4S2. The van der Waals surface area contributed by atoms with Crippen LogP contribution in [0.5, 0.6) is 0 Å². The molecule has 0 radical (unpaired) electrons. The lowest BCUT2D eigenvalue weighted by Gasteiger charge is -1.92. The summed E-state index contributed by atoms with van der Waals surface area (Å²) in [6, 6.07) is 33.4. The fourth-order valence-electron chi connectivity index (χ4n) is 4.26. The summed E-state index contributed by atoms with van der Waals surface area (Å²) >= 11 is 3.48. The molecule has 4 aromatic carbocycles. The Hall–Kier alpha value is -3.74. The van der Waals surface area contributed by atoms with E-state index in [4.69, 9.17) is 0 Å². The summed E-state index contributed by atoms with van der Waals surface area (Å²) in [7, 11) is 0. The first-order valence-electron chi connectivity index (χ1n) is 13.4. The van der Waals surface area contributed by atoms with Crippen molar-refractivity contribution in [1.29, 1.82) is 0 Å². The van der Waals surface area contributed by atoms with Crippen molar-refractivity contribution in [2.75, 3.05) is 0 Å². The van der Waals surface area contributed by atoms with Crippen LogP contribution < -0.4 is 0 Å². The quantitative estimate of drug-likeness (QED) is 0.192. The van der Waals surface area contributed by atoms with Gasteiger partial charge in [0, 0.05) is 0 Å². The molecule has 0 saturated heterocycles. The van der Waals surface area contributed by atoms with Crippen LogP contribution in [0.15, 0.2) is 97.1 Å². The number of thiazole rings is 2. The van der Waals surface area contributed by atoms with Crippen molar-refractivity contribution in [3.8, 4) is 0 Å². The molecule has 0 aliphatic rings. The molecule has 4 aromatic heterocycles. The first-order valence-corrected chi connectivity index (χ1v) is 15.0. The number of hydrogen-bond acceptors (Lipinski definition) is 4. The van der Waals surface area contributed by atoms with Gasteiger partial charge in [0.25, 0.3) is 0 Å². The van der Waals surface area contributed by atoms with Gasteiger partial charge in [-0.1, -0.05) is 113 Å². The van der Waals surface area contributed by atoms with Crippen molar-refractivity contribution >= 4 is 75.1 Å². The number of nitrogens with zero attached hydrogens (tertiary/aromatic N) is 4. The number of fused-ring (bicyclic) bond motifs is 10. The minimum atomic E-state index is 1.07. The van der Waals surface area contributed by atoms with E-state index < -0.39 is 0 Å². The average molecular weight is 539 g/mol. The van der Waals surface area contributed by atoms with Crippen molar-refractivity contribution in [2.45, 2.75) is 41.5 Å². The zero-order chi connectivity index (χ0) is 27.1. The lowest BCUT2D eigenvalue weighted by molar-refractivity contribution is 1.35. The largest absolute Gasteiger partial charge is 0.283 e. The van der Waals surface area contributed by atoms with Gasteiger partial charge in [0.15, 0.2) is 9.92 Å². The van der Waals surface area contributed by atoms with E-state index in [1.807, 2.05) is 53.7 Å². The third-order valence-electron chi connectivity index (χ3n) is 5.67. The summed E-state index contributed by atoms with van der Waals surface area (Å²) < 4.78 is 7.04. The van der Waals surface area contributed by atoms with E-state index in [0.717, 1.165) is 21.0 Å². The number of benzene rings is 4. The molecule has 38 heavy (non-hydrogen) atoms. The van der Waals surface area contributed by atoms with Gasteiger partial charge in [-0.15, -0.1) is 0 Å². The Balaban J connectivity index is 0.000000148. The molecule has 0 fully saturated rings. The third kappa shape index (κ3) is 4.89. The topological polar surface area (TPSA) is 34.6 Å². The van der Waals surface area contributed by atoms with Gasteiger partial charge < -0.3 is 0 Å². The molecule has 0 bridgehead atoms. The predicted octanol–water partition coefficient (Wildman–Crippen LogP) is 10.5. The summed E-state index contributed by atoms with van der Waals surface area (Å²) in [4.78, 5) is 11.4. The van der Waals surface area contributed by atoms with Gasteiger partial charge in [-0.25, -0.2) is 9.97 Å². The fraction of sp³-hybridized carbons (Fsp3) is 0.188. The number of rotatable bonds is 0. The van der Waals surface area contributed by atoms with Crippen LogP contribution in [-0.2, 0) is 0 Å². The van der Waals surface area contributed by atoms with Crippen LogP contribution in [0.4, 0.5) is 0 Å². The molecular weight excluding hydrogens is 505 g/mol. The number of imidazole rings is 2. The van der Waals surface area contributed by atoms with Crippen LogP contribution in [0.1, 0.15) is 41.5 Å². The third-order valence-corrected chi connectivity index (χ3v) is 7.72. The molecule has 8 rings (SSSR count). The van der Waals surface area contributed by atoms with Crippen molar-refractivity contribution in [3.63, 3.8) is 0 Å². The fourth-order valence-corrected chi connectivity index (χ4v) is 6.34. The highest BCUT2D eigenvalue weighted by Gasteiger charge is 2.10. The van der Waals surface area contributed by atoms with E-state index in [1.165, 1.54) is 31.5 Å². The molecule has 0 saturated carbocycles. The summed E-state index contributed by atoms with van der Waals surface area (Å²) in [6.07, 6.45) is 0. The maximum Gasteiger partial charge on any atom is 0.195 e. The molecule has 4 nitrogen and oxygen atoms in total. The highest BCUT2D eigenvalue weighted by molar-refractivity contribution is 7.24. The molecule has 0 unspecified atom stereocenters. The summed E-state index contributed by atoms with van der Waals surface area (Å²) in [5.74, 6) is 0. The lowest BCUT2D eigenvalue weighted by Crippen LogP contribution is -1.78. The van der Waals surface area contributed by atoms with Crippen molar-refractivity contribution in [3.05, 3.63) is 97.1 Å². The molecule has 0 aliphatic heterocycles. The highest BCUT2D eigenvalue weighted by atomic mass is 32.1. The Morgan fingerprint density at radius 2 is 0.737 bits per heavy atom. The molecule has 0 amide bonds. The van der Waals surface area contributed by atoms with Crippen LogP contribution in [0, 0.1) is 0 Å². The monoisotopic (exact) mass is 538 g/mol. The zero-order valence-corrected chi connectivity index (χ0v) is 24.5. The smallest absolute Gasteiger partial charge is 0.195 e. The molecule has 0 aliphatic carbocycles. The van der Waals surface area contributed by atoms with Crippen LogP contribution in [-0.4, -0.2) is 18.8 Å². The Morgan fingerprint density at radius 3 is 1.13 bits per heavy atom. The van der Waals surface area contributed by atoms with Crippen LogP contribution in [0.2, 0.25) is 0 Å². The number of hydrogen-bond donors (Lipinski definition) is 0. The van der Waals surface area contributed by atoms with Crippen molar-refractivity contribution in [2.24, 2.45) is 0 Å². The number of aromatic nitrogens is 4. The molecule has 0 N–H and O–H groups in total. The van der Waals surface area contributed by atoms with Crippen LogP contribution in [0.3, 0.4) is 0 Å². The maximum absolute atomic E-state index is 4.63. The van der Waals surface area contributed by atoms with Gasteiger partial charge in [-0.2, -0.15) is 0 Å². The van der Waals surface area contributed by atoms with Crippen LogP contribution >= 0.6 is 22.7 Å². The van der Waals surface area contributed by atoms with Gasteiger partial charge in [-0.05, 0) is 48.5 Å². The molecule has 0 atom stereocenters. The molecule has 194 valence electrons. The zero-order valence-electron chi connectivity index (χ0n) is 22.8. The predicted molar refractivity (Wildman–Crippen MR) is 170 cm³/mol. The van der Waals surface area contributed by atoms with Crippen molar-refractivity contribution in [1.82, 2.24) is 18.8 Å². The normalized spacial score (nSPS) is 10.4. The van der Waals surface area contributed by atoms with Gasteiger partial charge >= 0.3 is 0 Å². The SMILES string of the molecule is CC.CC.CC.c1ccc2c(c1)nc1sc3ccccc3n12.c1ccc2c(c1)nc1sc3ccccc3n12. The van der Waals surface area contributed by atoms with Crippen molar-refractivity contribution < 1.29 is 0 Å². The van der Waals surface area contributed by atoms with E-state index in [1.54, 1.807) is 22.7 Å². The Kier molecular flexibility index (Phi) is 9.10. The Labute approximate surface area is 231 Å². The van der Waals surface area contributed by atoms with Gasteiger partial charge in [-0.3, -0.25) is 8.80 Å². The van der Waals surface area contributed by atoms with E-state index >= 15 is 0 Å². The summed E-state index contributed by atoms with van der Waals surface area (Å²) in [6.45, 7) is 12.0. The Morgan fingerprint density at radius 1 is 0.421 bits per heavy atom. The second-order valence-electron chi connectivity index (χ2n) is 7.58. The Bertz CT molecular complexity index is 1630. The van der Waals surface area contributed by atoms with Gasteiger partial charge in [0.05, 0.1) is 42.5 Å². The van der Waals surface area contributed by atoms with E-state index in [9.17, 15) is 0 Å². The maximum atomic E-state index is 4.63. The lowest BCUT2D eigenvalue weighted by atomic mass is 10.3. The average Bonchev–Trinajstić information content (AvgIpc) is 3.74. The highest BCUT2D eigenvalue weighted by Crippen LogP contribution is 2.30. The number of para-hydroxylation sites is 6. The summed E-state index contributed by atoms with van der Waals surface area (Å²) in [5.41, 5.74) is 7.01. The second-order valence-corrected chi connectivity index (χ2v) is 9.59. The van der Waals surface area contributed by atoms with E-state index in [2.05, 4.69) is 104 Å². The van der Waals surface area contributed by atoms with Gasteiger partial charge in [0.1, 0.15) is 0 Å². The summed E-state index contributed by atoms with van der Waals surface area (Å²) in [5, 5.41) is 0. The van der Waals surface area contributed by atoms with E-state index in [0.29, 0.717) is 0 Å². The van der Waals surface area contributed by atoms with Crippen LogP contribution in [0.25, 0.3) is 52.4 Å². The molecule has 0 spiro atoms. The minimum absolute atomic E-state index is 1.07. The second kappa shape index (κ2) is 12.7. The first kappa shape index (κ1) is 27.3. The first-order chi connectivity index (χ1) is 18.9. The molecule has 4 heterocycles. The molecule has 6 heteroatoms.